The predicted molar refractivity (Wildman–Crippen MR) is 69.8 cm³/mol. The fourth-order valence-corrected chi connectivity index (χ4v) is 4.52. The monoisotopic (exact) mass is 277 g/mol. The molecule has 0 bridgehead atoms. The predicted octanol–water partition coefficient (Wildman–Crippen LogP) is 1.55. The molecule has 0 aliphatic heterocycles. The summed E-state index contributed by atoms with van der Waals surface area (Å²) in [5, 5.41) is 8.33. The van der Waals surface area contributed by atoms with Gasteiger partial charge in [-0.2, -0.15) is 0 Å². The third kappa shape index (κ3) is 3.23. The largest absolute Gasteiger partial charge is 0.481 e. The molecule has 18 heavy (non-hydrogen) atoms. The third-order valence-electron chi connectivity index (χ3n) is 3.85. The Bertz CT molecular complexity index is 393. The van der Waals surface area contributed by atoms with Gasteiger partial charge in [-0.1, -0.05) is 26.7 Å². The highest BCUT2D eigenvalue weighted by molar-refractivity contribution is 7.89. The number of aliphatic carboxylic acids is 1. The van der Waals surface area contributed by atoms with Crippen LogP contribution in [0.4, 0.5) is 0 Å². The summed E-state index contributed by atoms with van der Waals surface area (Å²) >= 11 is 0. The van der Waals surface area contributed by atoms with E-state index in [0.717, 1.165) is 6.42 Å². The van der Waals surface area contributed by atoms with Crippen LogP contribution in [0.2, 0.25) is 0 Å². The van der Waals surface area contributed by atoms with Crippen molar-refractivity contribution < 1.29 is 18.3 Å². The number of carboxylic acid groups (broad SMARTS) is 1. The Morgan fingerprint density at radius 3 is 2.56 bits per heavy atom. The van der Waals surface area contributed by atoms with E-state index >= 15 is 0 Å². The average molecular weight is 277 g/mol. The first-order chi connectivity index (χ1) is 8.30. The van der Waals surface area contributed by atoms with Crippen molar-refractivity contribution in [2.45, 2.75) is 44.8 Å². The molecule has 6 heteroatoms. The lowest BCUT2D eigenvalue weighted by Gasteiger charge is -2.26. The fraction of sp³-hybridized carbons (Fsp3) is 0.917. The van der Waals surface area contributed by atoms with E-state index in [1.807, 2.05) is 13.8 Å². The second-order valence-corrected chi connectivity index (χ2v) is 7.51. The van der Waals surface area contributed by atoms with Gasteiger partial charge >= 0.3 is 5.97 Å². The SMILES string of the molecule is CCC(C)CN(C)S(=O)(=O)C1CCCC1C(=O)O. The molecule has 1 saturated carbocycles. The van der Waals surface area contributed by atoms with E-state index in [1.54, 1.807) is 7.05 Å². The van der Waals surface area contributed by atoms with Gasteiger partial charge in [0.2, 0.25) is 10.0 Å². The molecule has 0 spiro atoms. The Hall–Kier alpha value is -0.620. The molecular weight excluding hydrogens is 254 g/mol. The Morgan fingerprint density at radius 2 is 2.06 bits per heavy atom. The highest BCUT2D eigenvalue weighted by atomic mass is 32.2. The van der Waals surface area contributed by atoms with Crippen molar-refractivity contribution in [1.82, 2.24) is 4.31 Å². The normalized spacial score (nSPS) is 26.4. The molecule has 1 aliphatic carbocycles. The number of rotatable bonds is 6. The minimum absolute atomic E-state index is 0.287. The van der Waals surface area contributed by atoms with E-state index in [2.05, 4.69) is 0 Å². The first-order valence-electron chi connectivity index (χ1n) is 6.48. The fourth-order valence-electron chi connectivity index (χ4n) is 2.47. The highest BCUT2D eigenvalue weighted by Crippen LogP contribution is 2.33. The first-order valence-corrected chi connectivity index (χ1v) is 7.99. The summed E-state index contributed by atoms with van der Waals surface area (Å²) < 4.78 is 26.1. The second-order valence-electron chi connectivity index (χ2n) is 5.25. The van der Waals surface area contributed by atoms with E-state index in [4.69, 9.17) is 5.11 Å². The van der Waals surface area contributed by atoms with Gasteiger partial charge in [0.1, 0.15) is 0 Å². The van der Waals surface area contributed by atoms with Crippen LogP contribution < -0.4 is 0 Å². The lowest BCUT2D eigenvalue weighted by atomic mass is 10.1. The van der Waals surface area contributed by atoms with Crippen LogP contribution in [-0.4, -0.2) is 42.6 Å². The van der Waals surface area contributed by atoms with E-state index in [9.17, 15) is 13.2 Å². The van der Waals surface area contributed by atoms with E-state index in [0.29, 0.717) is 25.8 Å². The first kappa shape index (κ1) is 15.4. The van der Waals surface area contributed by atoms with E-state index < -0.39 is 27.2 Å². The lowest BCUT2D eigenvalue weighted by Crippen LogP contribution is -2.41. The number of hydrogen-bond donors (Lipinski definition) is 1. The zero-order valence-corrected chi connectivity index (χ0v) is 12.1. The highest BCUT2D eigenvalue weighted by Gasteiger charge is 2.43. The molecule has 0 aromatic heterocycles. The van der Waals surface area contributed by atoms with Gasteiger partial charge in [0.15, 0.2) is 0 Å². The summed E-state index contributed by atoms with van der Waals surface area (Å²) in [5.74, 6) is -1.44. The second kappa shape index (κ2) is 6.02. The number of carboxylic acids is 1. The van der Waals surface area contributed by atoms with Crippen LogP contribution in [0.15, 0.2) is 0 Å². The maximum Gasteiger partial charge on any atom is 0.307 e. The van der Waals surface area contributed by atoms with Gasteiger partial charge in [-0.25, -0.2) is 12.7 Å². The van der Waals surface area contributed by atoms with Crippen LogP contribution in [0.5, 0.6) is 0 Å². The van der Waals surface area contributed by atoms with Crippen LogP contribution >= 0.6 is 0 Å². The quantitative estimate of drug-likeness (QED) is 0.799. The summed E-state index contributed by atoms with van der Waals surface area (Å²) in [6, 6.07) is 0. The van der Waals surface area contributed by atoms with Crippen molar-refractivity contribution in [3.63, 3.8) is 0 Å². The van der Waals surface area contributed by atoms with Crippen LogP contribution in [0.3, 0.4) is 0 Å². The van der Waals surface area contributed by atoms with Crippen molar-refractivity contribution in [2.24, 2.45) is 11.8 Å². The van der Waals surface area contributed by atoms with E-state index in [-0.39, 0.29) is 5.92 Å². The molecule has 106 valence electrons. The number of nitrogens with zero attached hydrogens (tertiary/aromatic N) is 1. The number of hydrogen-bond acceptors (Lipinski definition) is 3. The zero-order valence-electron chi connectivity index (χ0n) is 11.3. The molecule has 1 aliphatic rings. The van der Waals surface area contributed by atoms with E-state index in [1.165, 1.54) is 4.31 Å². The topological polar surface area (TPSA) is 74.7 Å². The molecule has 0 aromatic rings. The van der Waals surface area contributed by atoms with Crippen molar-refractivity contribution in [2.75, 3.05) is 13.6 Å². The van der Waals surface area contributed by atoms with Crippen LogP contribution in [0.1, 0.15) is 39.5 Å². The standard InChI is InChI=1S/C12H23NO4S/c1-4-9(2)8-13(3)18(16,17)11-7-5-6-10(11)12(14)15/h9-11H,4-8H2,1-3H3,(H,14,15). The minimum Gasteiger partial charge on any atom is -0.481 e. The zero-order chi connectivity index (χ0) is 13.9. The van der Waals surface area contributed by atoms with Gasteiger partial charge in [0.05, 0.1) is 11.2 Å². The van der Waals surface area contributed by atoms with Crippen LogP contribution in [0, 0.1) is 11.8 Å². The van der Waals surface area contributed by atoms with Crippen molar-refractivity contribution >= 4 is 16.0 Å². The molecular formula is C12H23NO4S. The number of sulfonamides is 1. The maximum absolute atomic E-state index is 12.4. The van der Waals surface area contributed by atoms with Gasteiger partial charge < -0.3 is 5.11 Å². The molecule has 3 atom stereocenters. The molecule has 3 unspecified atom stereocenters. The molecule has 5 nitrogen and oxygen atoms in total. The molecule has 1 N–H and O–H groups in total. The van der Waals surface area contributed by atoms with Crippen molar-refractivity contribution in [3.8, 4) is 0 Å². The molecule has 0 aromatic carbocycles. The minimum atomic E-state index is -3.49. The molecule has 1 rings (SSSR count). The Balaban J connectivity index is 2.82. The summed E-state index contributed by atoms with van der Waals surface area (Å²) in [5.41, 5.74) is 0. The summed E-state index contributed by atoms with van der Waals surface area (Å²) in [7, 11) is -1.93. The third-order valence-corrected chi connectivity index (χ3v) is 6.20. The van der Waals surface area contributed by atoms with Crippen LogP contribution in [-0.2, 0) is 14.8 Å². The molecule has 0 heterocycles. The van der Waals surface area contributed by atoms with Gasteiger partial charge in [0.25, 0.3) is 0 Å². The average Bonchev–Trinajstić information content (AvgIpc) is 2.78. The van der Waals surface area contributed by atoms with Gasteiger partial charge in [-0.3, -0.25) is 4.79 Å². The molecule has 0 amide bonds. The Kier molecular flexibility index (Phi) is 5.16. The number of carbonyl (C=O) groups is 1. The molecule has 0 radical (unpaired) electrons. The molecule has 1 fully saturated rings. The summed E-state index contributed by atoms with van der Waals surface area (Å²) in [4.78, 5) is 11.1. The van der Waals surface area contributed by atoms with Gasteiger partial charge in [0, 0.05) is 13.6 Å². The van der Waals surface area contributed by atoms with Gasteiger partial charge in [-0.15, -0.1) is 0 Å². The van der Waals surface area contributed by atoms with Crippen molar-refractivity contribution in [3.05, 3.63) is 0 Å². The Labute approximate surface area is 109 Å². The Morgan fingerprint density at radius 1 is 1.44 bits per heavy atom. The summed E-state index contributed by atoms with van der Waals surface area (Å²) in [6.45, 7) is 4.47. The van der Waals surface area contributed by atoms with Crippen LogP contribution in [0.25, 0.3) is 0 Å². The van der Waals surface area contributed by atoms with Crippen molar-refractivity contribution in [1.29, 1.82) is 0 Å². The summed E-state index contributed by atoms with van der Waals surface area (Å²) in [6.07, 6.45) is 2.52. The van der Waals surface area contributed by atoms with Gasteiger partial charge in [-0.05, 0) is 18.8 Å². The molecule has 0 saturated heterocycles. The maximum atomic E-state index is 12.4. The lowest BCUT2D eigenvalue weighted by molar-refractivity contribution is -0.141. The smallest absolute Gasteiger partial charge is 0.307 e.